The van der Waals surface area contributed by atoms with Gasteiger partial charge in [0, 0.05) is 38.3 Å². The molecule has 29 heavy (non-hydrogen) atoms. The Hall–Kier alpha value is -3.25. The Morgan fingerprint density at radius 1 is 0.897 bits per heavy atom. The zero-order chi connectivity index (χ0) is 20.1. The summed E-state index contributed by atoms with van der Waals surface area (Å²) < 4.78 is 0. The maximum absolute atomic E-state index is 12.4. The fourth-order valence-electron chi connectivity index (χ4n) is 3.55. The molecule has 0 radical (unpaired) electrons. The summed E-state index contributed by atoms with van der Waals surface area (Å²) in [5.74, 6) is 1.14. The molecule has 6 nitrogen and oxygen atoms in total. The minimum absolute atomic E-state index is 0.167. The molecule has 1 fully saturated rings. The van der Waals surface area contributed by atoms with Gasteiger partial charge in [0.25, 0.3) is 5.91 Å². The maximum atomic E-state index is 12.4. The molecule has 3 aromatic rings. The van der Waals surface area contributed by atoms with E-state index >= 15 is 0 Å². The molecule has 0 bridgehead atoms. The third-order valence-corrected chi connectivity index (χ3v) is 5.23. The zero-order valence-electron chi connectivity index (χ0n) is 16.6. The fourth-order valence-corrected chi connectivity index (χ4v) is 3.55. The van der Waals surface area contributed by atoms with Gasteiger partial charge >= 0.3 is 0 Å². The number of carbonyl (C=O) groups is 1. The molecular formula is C23H25N5O. The molecule has 0 unspecified atom stereocenters. The average Bonchev–Trinajstić information content (AvgIpc) is 2.76. The lowest BCUT2D eigenvalue weighted by Crippen LogP contribution is -2.46. The third-order valence-electron chi connectivity index (χ3n) is 5.23. The lowest BCUT2D eigenvalue weighted by Gasteiger charge is -2.35. The number of piperazine rings is 1. The van der Waals surface area contributed by atoms with E-state index in [2.05, 4.69) is 49.6 Å². The first-order chi connectivity index (χ1) is 14.2. The van der Waals surface area contributed by atoms with Crippen molar-refractivity contribution in [1.29, 1.82) is 0 Å². The molecule has 0 spiro atoms. The number of rotatable bonds is 5. The Morgan fingerprint density at radius 3 is 2.31 bits per heavy atom. The van der Waals surface area contributed by atoms with Gasteiger partial charge in [0.15, 0.2) is 11.6 Å². The predicted octanol–water partition coefficient (Wildman–Crippen LogP) is 3.36. The maximum Gasteiger partial charge on any atom is 0.257 e. The lowest BCUT2D eigenvalue weighted by atomic mass is 10.1. The van der Waals surface area contributed by atoms with Crippen LogP contribution in [0.1, 0.15) is 21.5 Å². The number of anilines is 2. The Kier molecular flexibility index (Phi) is 5.81. The predicted molar refractivity (Wildman–Crippen MR) is 115 cm³/mol. The number of aromatic nitrogens is 2. The smallest absolute Gasteiger partial charge is 0.257 e. The second-order valence-electron chi connectivity index (χ2n) is 7.29. The van der Waals surface area contributed by atoms with Crippen LogP contribution in [0.4, 0.5) is 11.6 Å². The summed E-state index contributed by atoms with van der Waals surface area (Å²) in [7, 11) is 0. The molecule has 0 aliphatic carbocycles. The van der Waals surface area contributed by atoms with Gasteiger partial charge in [0.1, 0.15) is 0 Å². The van der Waals surface area contributed by atoms with E-state index in [9.17, 15) is 4.79 Å². The highest BCUT2D eigenvalue weighted by atomic mass is 16.1. The van der Waals surface area contributed by atoms with Gasteiger partial charge in [-0.3, -0.25) is 9.69 Å². The molecule has 6 heteroatoms. The minimum Gasteiger partial charge on any atom is -0.353 e. The number of hydrogen-bond acceptors (Lipinski definition) is 5. The molecular weight excluding hydrogens is 362 g/mol. The van der Waals surface area contributed by atoms with Crippen LogP contribution in [-0.4, -0.2) is 47.2 Å². The zero-order valence-corrected chi connectivity index (χ0v) is 16.6. The van der Waals surface area contributed by atoms with Crippen LogP contribution in [0, 0.1) is 6.92 Å². The van der Waals surface area contributed by atoms with Gasteiger partial charge < -0.3 is 10.2 Å². The van der Waals surface area contributed by atoms with Gasteiger partial charge in [-0.25, -0.2) is 0 Å². The summed E-state index contributed by atoms with van der Waals surface area (Å²) in [4.78, 5) is 17.1. The first-order valence-electron chi connectivity index (χ1n) is 9.91. The highest BCUT2D eigenvalue weighted by Gasteiger charge is 2.18. The summed E-state index contributed by atoms with van der Waals surface area (Å²) in [6.07, 6.45) is 0. The lowest BCUT2D eigenvalue weighted by molar-refractivity contribution is 0.102. The van der Waals surface area contributed by atoms with Crippen LogP contribution in [-0.2, 0) is 6.54 Å². The number of aryl methyl sites for hydroxylation is 1. The molecule has 0 atom stereocenters. The standard InChI is InChI=1S/C23H25N5O/c1-18-7-5-6-10-20(18)23(29)24-21-11-12-22(26-25-21)28-15-13-27(14-16-28)17-19-8-3-2-4-9-19/h2-12H,13-17H2,1H3,(H,24,25,29). The molecule has 148 valence electrons. The van der Waals surface area contributed by atoms with E-state index in [0.717, 1.165) is 44.1 Å². The Balaban J connectivity index is 1.32. The Morgan fingerprint density at radius 2 is 1.62 bits per heavy atom. The highest BCUT2D eigenvalue weighted by molar-refractivity contribution is 6.04. The van der Waals surface area contributed by atoms with Gasteiger partial charge in [-0.05, 0) is 36.2 Å². The van der Waals surface area contributed by atoms with Crippen LogP contribution in [0.2, 0.25) is 0 Å². The Bertz CT molecular complexity index is 951. The second kappa shape index (κ2) is 8.84. The topological polar surface area (TPSA) is 61.4 Å². The van der Waals surface area contributed by atoms with Gasteiger partial charge in [0.05, 0.1) is 0 Å². The van der Waals surface area contributed by atoms with Crippen LogP contribution >= 0.6 is 0 Å². The molecule has 4 rings (SSSR count). The number of amides is 1. The molecule has 0 saturated carbocycles. The summed E-state index contributed by atoms with van der Waals surface area (Å²) in [6, 6.07) is 21.8. The quantitative estimate of drug-likeness (QED) is 0.727. The van der Waals surface area contributed by atoms with Crippen LogP contribution in [0.25, 0.3) is 0 Å². The van der Waals surface area contributed by atoms with E-state index in [1.165, 1.54) is 5.56 Å². The first kappa shape index (κ1) is 19.1. The largest absolute Gasteiger partial charge is 0.353 e. The molecule has 2 heterocycles. The molecule has 1 aromatic heterocycles. The van der Waals surface area contributed by atoms with E-state index in [0.29, 0.717) is 11.4 Å². The minimum atomic E-state index is -0.167. The van der Waals surface area contributed by atoms with Crippen molar-refractivity contribution in [3.05, 3.63) is 83.4 Å². The van der Waals surface area contributed by atoms with Gasteiger partial charge in [-0.15, -0.1) is 10.2 Å². The van der Waals surface area contributed by atoms with Crippen molar-refractivity contribution in [2.75, 3.05) is 36.4 Å². The van der Waals surface area contributed by atoms with Gasteiger partial charge in [-0.1, -0.05) is 48.5 Å². The Labute approximate surface area is 171 Å². The molecule has 2 aromatic carbocycles. The second-order valence-corrected chi connectivity index (χ2v) is 7.29. The van der Waals surface area contributed by atoms with E-state index in [1.54, 1.807) is 6.07 Å². The van der Waals surface area contributed by atoms with Crippen LogP contribution < -0.4 is 10.2 Å². The van der Waals surface area contributed by atoms with E-state index < -0.39 is 0 Å². The van der Waals surface area contributed by atoms with Crippen molar-refractivity contribution in [3.8, 4) is 0 Å². The summed E-state index contributed by atoms with van der Waals surface area (Å²) >= 11 is 0. The van der Waals surface area contributed by atoms with Crippen molar-refractivity contribution in [3.63, 3.8) is 0 Å². The van der Waals surface area contributed by atoms with Crippen LogP contribution in [0.15, 0.2) is 66.7 Å². The van der Waals surface area contributed by atoms with Crippen molar-refractivity contribution in [1.82, 2.24) is 15.1 Å². The van der Waals surface area contributed by atoms with Crippen LogP contribution in [0.5, 0.6) is 0 Å². The molecule has 1 aliphatic heterocycles. The summed E-state index contributed by atoms with van der Waals surface area (Å²) in [5, 5.41) is 11.3. The molecule has 1 saturated heterocycles. The normalized spacial score (nSPS) is 14.6. The first-order valence-corrected chi connectivity index (χ1v) is 9.91. The van der Waals surface area contributed by atoms with Gasteiger partial charge in [-0.2, -0.15) is 0 Å². The highest BCUT2D eigenvalue weighted by Crippen LogP contribution is 2.16. The number of benzene rings is 2. The van der Waals surface area contributed by atoms with E-state index in [-0.39, 0.29) is 5.91 Å². The monoisotopic (exact) mass is 387 g/mol. The number of nitrogens with one attached hydrogen (secondary N) is 1. The average molecular weight is 387 g/mol. The van der Waals surface area contributed by atoms with Crippen molar-refractivity contribution in [2.45, 2.75) is 13.5 Å². The van der Waals surface area contributed by atoms with Crippen LogP contribution in [0.3, 0.4) is 0 Å². The molecule has 1 N–H and O–H groups in total. The number of hydrogen-bond donors (Lipinski definition) is 1. The molecule has 1 amide bonds. The SMILES string of the molecule is Cc1ccccc1C(=O)Nc1ccc(N2CCN(Cc3ccccc3)CC2)nn1. The van der Waals surface area contributed by atoms with E-state index in [1.807, 2.05) is 43.3 Å². The molecule has 1 aliphatic rings. The van der Waals surface area contributed by atoms with E-state index in [4.69, 9.17) is 0 Å². The number of carbonyl (C=O) groups excluding carboxylic acids is 1. The van der Waals surface area contributed by atoms with Crippen molar-refractivity contribution >= 4 is 17.5 Å². The van der Waals surface area contributed by atoms with Crippen molar-refractivity contribution in [2.24, 2.45) is 0 Å². The summed E-state index contributed by atoms with van der Waals surface area (Å²) in [5.41, 5.74) is 2.92. The van der Waals surface area contributed by atoms with Gasteiger partial charge in [0.2, 0.25) is 0 Å². The fraction of sp³-hybridized carbons (Fsp3) is 0.261. The third kappa shape index (κ3) is 4.78. The summed E-state index contributed by atoms with van der Waals surface area (Å²) in [6.45, 7) is 6.70. The number of nitrogens with zero attached hydrogens (tertiary/aromatic N) is 4. The van der Waals surface area contributed by atoms with Crippen molar-refractivity contribution < 1.29 is 4.79 Å².